The van der Waals surface area contributed by atoms with Gasteiger partial charge in [0, 0.05) is 23.4 Å². The van der Waals surface area contributed by atoms with Gasteiger partial charge in [-0.2, -0.15) is 0 Å². The van der Waals surface area contributed by atoms with Gasteiger partial charge in [0.05, 0.1) is 5.52 Å². The van der Waals surface area contributed by atoms with E-state index in [2.05, 4.69) is 33.2 Å². The van der Waals surface area contributed by atoms with Gasteiger partial charge in [-0.15, -0.1) is 11.8 Å². The Morgan fingerprint density at radius 1 is 1.14 bits per heavy atom. The number of pyridine rings is 1. The summed E-state index contributed by atoms with van der Waals surface area (Å²) in [5.74, 6) is 1.32. The van der Waals surface area contributed by atoms with Crippen molar-refractivity contribution >= 4 is 40.2 Å². The molecule has 0 radical (unpaired) electrons. The molecule has 2 heterocycles. The Bertz CT molecular complexity index is 776. The summed E-state index contributed by atoms with van der Waals surface area (Å²) in [5, 5.41) is 2.76. The minimum atomic E-state index is 0.513. The summed E-state index contributed by atoms with van der Waals surface area (Å²) in [6, 6.07) is 12.1. The number of hydrogen-bond acceptors (Lipinski definition) is 6. The number of rotatable bonds is 4. The van der Waals surface area contributed by atoms with Crippen molar-refractivity contribution in [3.05, 3.63) is 48.2 Å². The van der Waals surface area contributed by atoms with E-state index in [1.54, 1.807) is 35.8 Å². The van der Waals surface area contributed by atoms with Crippen LogP contribution in [0.5, 0.6) is 0 Å². The van der Waals surface area contributed by atoms with Gasteiger partial charge in [-0.3, -0.25) is 4.98 Å². The van der Waals surface area contributed by atoms with E-state index in [4.69, 9.17) is 5.73 Å². The normalized spacial score (nSPS) is 10.9. The molecule has 1 aromatic carbocycles. The van der Waals surface area contributed by atoms with Gasteiger partial charge in [0.25, 0.3) is 0 Å². The van der Waals surface area contributed by atoms with E-state index in [1.807, 2.05) is 18.4 Å². The minimum Gasteiger partial charge on any atom is -0.384 e. The van der Waals surface area contributed by atoms with Crippen LogP contribution in [0.25, 0.3) is 10.9 Å². The summed E-state index contributed by atoms with van der Waals surface area (Å²) in [6.07, 6.45) is 3.79. The summed E-state index contributed by atoms with van der Waals surface area (Å²) in [5.41, 5.74) is 8.02. The van der Waals surface area contributed by atoms with E-state index in [0.717, 1.165) is 21.7 Å². The molecule has 2 N–H and O–H groups in total. The molecule has 0 aliphatic carbocycles. The lowest BCUT2D eigenvalue weighted by Crippen LogP contribution is -1.96. The molecule has 0 spiro atoms. The highest BCUT2D eigenvalue weighted by atomic mass is 32.2. The zero-order valence-corrected chi connectivity index (χ0v) is 13.1. The molecular formula is C15H14N4S2. The second kappa shape index (κ2) is 6.32. The van der Waals surface area contributed by atoms with Crippen LogP contribution in [-0.4, -0.2) is 21.2 Å². The summed E-state index contributed by atoms with van der Waals surface area (Å²) < 4.78 is 0. The molecule has 6 heteroatoms. The molecule has 0 fully saturated rings. The molecule has 4 nitrogen and oxygen atoms in total. The van der Waals surface area contributed by atoms with Crippen molar-refractivity contribution in [1.29, 1.82) is 0 Å². The average molecular weight is 314 g/mol. The molecule has 0 saturated carbocycles. The average Bonchev–Trinajstić information content (AvgIpc) is 2.52. The largest absolute Gasteiger partial charge is 0.384 e. The van der Waals surface area contributed by atoms with Gasteiger partial charge in [-0.05, 0) is 30.0 Å². The maximum absolute atomic E-state index is 5.79. The minimum absolute atomic E-state index is 0.513. The molecule has 0 unspecified atom stereocenters. The highest BCUT2D eigenvalue weighted by molar-refractivity contribution is 7.99. The van der Waals surface area contributed by atoms with Crippen LogP contribution in [0.2, 0.25) is 0 Å². The number of nitrogens with zero attached hydrogens (tertiary/aromatic N) is 3. The molecule has 0 aliphatic rings. The van der Waals surface area contributed by atoms with Crippen molar-refractivity contribution in [1.82, 2.24) is 15.0 Å². The Hall–Kier alpha value is -1.79. The first-order chi connectivity index (χ1) is 10.2. The van der Waals surface area contributed by atoms with Gasteiger partial charge < -0.3 is 5.73 Å². The van der Waals surface area contributed by atoms with Gasteiger partial charge in [-0.25, -0.2) is 9.97 Å². The number of anilines is 1. The molecule has 0 aliphatic heterocycles. The van der Waals surface area contributed by atoms with Crippen LogP contribution >= 0.6 is 23.5 Å². The fourth-order valence-electron chi connectivity index (χ4n) is 1.95. The third kappa shape index (κ3) is 3.46. The Morgan fingerprint density at radius 3 is 2.90 bits per heavy atom. The van der Waals surface area contributed by atoms with Crippen LogP contribution in [0.15, 0.2) is 52.8 Å². The van der Waals surface area contributed by atoms with E-state index >= 15 is 0 Å². The van der Waals surface area contributed by atoms with Crippen molar-refractivity contribution < 1.29 is 0 Å². The van der Waals surface area contributed by atoms with Crippen LogP contribution in [0.3, 0.4) is 0 Å². The summed E-state index contributed by atoms with van der Waals surface area (Å²) in [4.78, 5) is 13.0. The molecule has 0 atom stereocenters. The number of fused-ring (bicyclic) bond motifs is 1. The maximum Gasteiger partial charge on any atom is 0.190 e. The standard InChI is InChI=1S/C15H14N4S2/c1-20-14-8-13(16)18-15(19-14)21-9-10-4-5-12-11(7-10)3-2-6-17-12/h2-8H,9H2,1H3,(H2,16,18,19). The third-order valence-corrected chi connectivity index (χ3v) is 4.49. The van der Waals surface area contributed by atoms with Crippen molar-refractivity contribution in [3.8, 4) is 0 Å². The Balaban J connectivity index is 1.78. The first kappa shape index (κ1) is 14.2. The Morgan fingerprint density at radius 2 is 2.05 bits per heavy atom. The van der Waals surface area contributed by atoms with E-state index in [1.165, 1.54) is 5.56 Å². The first-order valence-electron chi connectivity index (χ1n) is 6.39. The quantitative estimate of drug-likeness (QED) is 0.451. The topological polar surface area (TPSA) is 64.7 Å². The molecule has 21 heavy (non-hydrogen) atoms. The van der Waals surface area contributed by atoms with Gasteiger partial charge in [0.15, 0.2) is 5.16 Å². The predicted molar refractivity (Wildman–Crippen MR) is 89.5 cm³/mol. The fourth-order valence-corrected chi connectivity index (χ4v) is 3.23. The number of thioether (sulfide) groups is 2. The second-order valence-electron chi connectivity index (χ2n) is 4.44. The summed E-state index contributed by atoms with van der Waals surface area (Å²) in [6.45, 7) is 0. The molecule has 0 bridgehead atoms. The van der Waals surface area contributed by atoms with E-state index < -0.39 is 0 Å². The van der Waals surface area contributed by atoms with Gasteiger partial charge >= 0.3 is 0 Å². The predicted octanol–water partition coefficient (Wildman–Crippen LogP) is 3.62. The molecule has 3 aromatic rings. The second-order valence-corrected chi connectivity index (χ2v) is 6.21. The SMILES string of the molecule is CSc1cc(N)nc(SCc2ccc3ncccc3c2)n1. The number of nitrogens with two attached hydrogens (primary N) is 1. The highest BCUT2D eigenvalue weighted by Gasteiger charge is 2.04. The molecular weight excluding hydrogens is 300 g/mol. The van der Waals surface area contributed by atoms with Crippen molar-refractivity contribution in [3.63, 3.8) is 0 Å². The molecule has 3 rings (SSSR count). The van der Waals surface area contributed by atoms with E-state index in [0.29, 0.717) is 11.0 Å². The zero-order chi connectivity index (χ0) is 14.7. The lowest BCUT2D eigenvalue weighted by atomic mass is 10.1. The first-order valence-corrected chi connectivity index (χ1v) is 8.60. The van der Waals surface area contributed by atoms with Crippen LogP contribution in [0.4, 0.5) is 5.82 Å². The number of aromatic nitrogens is 3. The van der Waals surface area contributed by atoms with E-state index in [-0.39, 0.29) is 0 Å². The Labute approximate surface area is 131 Å². The number of hydrogen-bond donors (Lipinski definition) is 1. The summed E-state index contributed by atoms with van der Waals surface area (Å²) in [7, 11) is 0. The van der Waals surface area contributed by atoms with Crippen molar-refractivity contribution in [2.75, 3.05) is 12.0 Å². The van der Waals surface area contributed by atoms with Crippen molar-refractivity contribution in [2.24, 2.45) is 0 Å². The summed E-state index contributed by atoms with van der Waals surface area (Å²) >= 11 is 3.16. The van der Waals surface area contributed by atoms with E-state index in [9.17, 15) is 0 Å². The monoisotopic (exact) mass is 314 g/mol. The smallest absolute Gasteiger partial charge is 0.190 e. The van der Waals surface area contributed by atoms with Gasteiger partial charge in [0.1, 0.15) is 10.8 Å². The van der Waals surface area contributed by atoms with Crippen LogP contribution in [-0.2, 0) is 5.75 Å². The van der Waals surface area contributed by atoms with Crippen LogP contribution in [0.1, 0.15) is 5.56 Å². The number of benzene rings is 1. The van der Waals surface area contributed by atoms with Gasteiger partial charge in [-0.1, -0.05) is 23.9 Å². The van der Waals surface area contributed by atoms with Crippen LogP contribution < -0.4 is 5.73 Å². The van der Waals surface area contributed by atoms with Gasteiger partial charge in [0.2, 0.25) is 0 Å². The molecule has 0 saturated heterocycles. The Kier molecular flexibility index (Phi) is 4.26. The zero-order valence-electron chi connectivity index (χ0n) is 11.5. The van der Waals surface area contributed by atoms with Crippen molar-refractivity contribution in [2.45, 2.75) is 15.9 Å². The highest BCUT2D eigenvalue weighted by Crippen LogP contribution is 2.24. The fraction of sp³-hybridized carbons (Fsp3) is 0.133. The molecule has 2 aromatic heterocycles. The molecule has 106 valence electrons. The number of nitrogen functional groups attached to an aromatic ring is 1. The maximum atomic E-state index is 5.79. The molecule has 0 amide bonds. The lowest BCUT2D eigenvalue weighted by molar-refractivity contribution is 0.900. The third-order valence-electron chi connectivity index (χ3n) is 2.95. The van der Waals surface area contributed by atoms with Crippen LogP contribution in [0, 0.1) is 0 Å². The lowest BCUT2D eigenvalue weighted by Gasteiger charge is -2.05.